The minimum Gasteiger partial charge on any atom is -0.506 e. The fourth-order valence-electron chi connectivity index (χ4n) is 1.89. The van der Waals surface area contributed by atoms with Gasteiger partial charge in [0.25, 0.3) is 5.91 Å². The first-order valence-electron chi connectivity index (χ1n) is 6.11. The molecule has 1 aromatic carbocycles. The molecule has 1 aliphatic heterocycles. The number of alkyl halides is 3. The minimum atomic E-state index is -4.54. The summed E-state index contributed by atoms with van der Waals surface area (Å²) in [5.41, 5.74) is -0.208. The number of aromatic hydroxyl groups is 1. The average molecular weight is 298 g/mol. The third kappa shape index (κ3) is 3.36. The Kier molecular flexibility index (Phi) is 3.93. The smallest absolute Gasteiger partial charge is 0.416 e. The summed E-state index contributed by atoms with van der Waals surface area (Å²) in [5, 5.41) is 14.8. The highest BCUT2D eigenvalue weighted by molar-refractivity contribution is 6.07. The molecule has 4 nitrogen and oxygen atoms in total. The summed E-state index contributed by atoms with van der Waals surface area (Å²) in [6, 6.07) is 2.35. The standard InChI is InChI=1S/C14H13F3N2O2/c1-8-7-18-5-4-10(8)13(21)19-11-6-9(14(15,16)17)2-3-12(11)20/h2-4,6-7,18,20H,5H2,1H3,(H,19,21). The molecule has 0 unspecified atom stereocenters. The van der Waals surface area contributed by atoms with Crippen LogP contribution in [0.15, 0.2) is 41.6 Å². The molecule has 0 saturated carbocycles. The fourth-order valence-corrected chi connectivity index (χ4v) is 1.89. The number of hydrogen-bond acceptors (Lipinski definition) is 3. The van der Waals surface area contributed by atoms with Crippen molar-refractivity contribution in [3.05, 3.63) is 47.2 Å². The van der Waals surface area contributed by atoms with Gasteiger partial charge in [0, 0.05) is 18.3 Å². The van der Waals surface area contributed by atoms with E-state index < -0.39 is 23.4 Å². The number of carbonyl (C=O) groups is 1. The van der Waals surface area contributed by atoms with Gasteiger partial charge in [-0.1, -0.05) is 6.08 Å². The zero-order chi connectivity index (χ0) is 15.6. The summed E-state index contributed by atoms with van der Waals surface area (Å²) in [6.07, 6.45) is -1.28. The summed E-state index contributed by atoms with van der Waals surface area (Å²) in [6.45, 7) is 2.15. The van der Waals surface area contributed by atoms with Crippen LogP contribution in [0, 0.1) is 0 Å². The molecule has 1 aliphatic rings. The minimum absolute atomic E-state index is 0.276. The van der Waals surface area contributed by atoms with Gasteiger partial charge in [-0.25, -0.2) is 0 Å². The number of anilines is 1. The Hall–Kier alpha value is -2.44. The quantitative estimate of drug-likeness (QED) is 0.736. The second-order valence-electron chi connectivity index (χ2n) is 4.54. The Balaban J connectivity index is 2.25. The molecule has 0 fully saturated rings. The number of nitrogens with one attached hydrogen (secondary N) is 2. The summed E-state index contributed by atoms with van der Waals surface area (Å²) < 4.78 is 37.9. The van der Waals surface area contributed by atoms with Crippen LogP contribution in [0.5, 0.6) is 5.75 Å². The van der Waals surface area contributed by atoms with Crippen molar-refractivity contribution < 1.29 is 23.1 Å². The van der Waals surface area contributed by atoms with E-state index in [1.807, 2.05) is 0 Å². The summed E-state index contributed by atoms with van der Waals surface area (Å²) in [7, 11) is 0. The zero-order valence-electron chi connectivity index (χ0n) is 11.1. The van der Waals surface area contributed by atoms with Crippen molar-refractivity contribution in [3.8, 4) is 5.75 Å². The molecule has 1 amide bonds. The van der Waals surface area contributed by atoms with Crippen LogP contribution < -0.4 is 10.6 Å². The van der Waals surface area contributed by atoms with E-state index in [-0.39, 0.29) is 5.69 Å². The molecular weight excluding hydrogens is 285 g/mol. The number of dihydropyridines is 1. The van der Waals surface area contributed by atoms with Crippen LogP contribution in [0.2, 0.25) is 0 Å². The monoisotopic (exact) mass is 298 g/mol. The maximum absolute atomic E-state index is 12.6. The number of phenols is 1. The molecule has 0 bridgehead atoms. The summed E-state index contributed by atoms with van der Waals surface area (Å²) in [5.74, 6) is -0.993. The lowest BCUT2D eigenvalue weighted by Crippen LogP contribution is -2.21. The first-order valence-corrected chi connectivity index (χ1v) is 6.11. The van der Waals surface area contributed by atoms with Gasteiger partial charge in [0.15, 0.2) is 0 Å². The topological polar surface area (TPSA) is 61.4 Å². The molecule has 112 valence electrons. The number of halogens is 3. The fraction of sp³-hybridized carbons (Fsp3) is 0.214. The molecule has 0 spiro atoms. The molecule has 21 heavy (non-hydrogen) atoms. The number of hydrogen-bond donors (Lipinski definition) is 3. The Morgan fingerprint density at radius 3 is 2.71 bits per heavy atom. The first-order chi connectivity index (χ1) is 9.79. The number of rotatable bonds is 2. The molecular formula is C14H13F3N2O2. The highest BCUT2D eigenvalue weighted by Gasteiger charge is 2.31. The maximum atomic E-state index is 12.6. The van der Waals surface area contributed by atoms with Crippen LogP contribution in [0.4, 0.5) is 18.9 Å². The Morgan fingerprint density at radius 2 is 2.10 bits per heavy atom. The highest BCUT2D eigenvalue weighted by Crippen LogP contribution is 2.34. The number of benzene rings is 1. The maximum Gasteiger partial charge on any atom is 0.416 e. The molecule has 3 N–H and O–H groups in total. The van der Waals surface area contributed by atoms with E-state index in [9.17, 15) is 23.1 Å². The third-order valence-corrected chi connectivity index (χ3v) is 2.98. The van der Waals surface area contributed by atoms with E-state index in [4.69, 9.17) is 0 Å². The lowest BCUT2D eigenvalue weighted by molar-refractivity contribution is -0.137. The predicted molar refractivity (Wildman–Crippen MR) is 71.6 cm³/mol. The number of carbonyl (C=O) groups excluding carboxylic acids is 1. The Bertz CT molecular complexity index is 634. The van der Waals surface area contributed by atoms with E-state index in [0.29, 0.717) is 23.8 Å². The predicted octanol–water partition coefficient (Wildman–Crippen LogP) is 2.78. The molecule has 0 aromatic heterocycles. The van der Waals surface area contributed by atoms with Crippen LogP contribution in [0.25, 0.3) is 0 Å². The van der Waals surface area contributed by atoms with Crippen LogP contribution in [-0.2, 0) is 11.0 Å². The van der Waals surface area contributed by atoms with Gasteiger partial charge in [0.2, 0.25) is 0 Å². The van der Waals surface area contributed by atoms with Gasteiger partial charge in [0.1, 0.15) is 5.75 Å². The molecule has 1 heterocycles. The van der Waals surface area contributed by atoms with Crippen molar-refractivity contribution in [3.63, 3.8) is 0 Å². The molecule has 1 aromatic rings. The van der Waals surface area contributed by atoms with Gasteiger partial charge in [-0.2, -0.15) is 13.2 Å². The molecule has 2 rings (SSSR count). The molecule has 0 radical (unpaired) electrons. The molecule has 0 saturated heterocycles. The van der Waals surface area contributed by atoms with Gasteiger partial charge in [0.05, 0.1) is 11.3 Å². The summed E-state index contributed by atoms with van der Waals surface area (Å²) in [4.78, 5) is 12.1. The normalized spacial score (nSPS) is 14.9. The van der Waals surface area contributed by atoms with Crippen LogP contribution in [0.3, 0.4) is 0 Å². The van der Waals surface area contributed by atoms with E-state index in [2.05, 4.69) is 10.6 Å². The SMILES string of the molecule is CC1=CNCC=C1C(=O)Nc1cc(C(F)(F)F)ccc1O. The molecule has 0 atom stereocenters. The summed E-state index contributed by atoms with van der Waals surface area (Å²) >= 11 is 0. The van der Waals surface area contributed by atoms with E-state index >= 15 is 0 Å². The average Bonchev–Trinajstić information content (AvgIpc) is 2.40. The molecule has 0 aliphatic carbocycles. The van der Waals surface area contributed by atoms with Crippen LogP contribution in [-0.4, -0.2) is 17.6 Å². The van der Waals surface area contributed by atoms with Crippen LogP contribution >= 0.6 is 0 Å². The van der Waals surface area contributed by atoms with Crippen molar-refractivity contribution in [1.29, 1.82) is 0 Å². The third-order valence-electron chi connectivity index (χ3n) is 2.98. The van der Waals surface area contributed by atoms with Gasteiger partial charge < -0.3 is 15.7 Å². The van der Waals surface area contributed by atoms with Crippen molar-refractivity contribution in [1.82, 2.24) is 5.32 Å². The lowest BCUT2D eigenvalue weighted by atomic mass is 10.1. The largest absolute Gasteiger partial charge is 0.506 e. The van der Waals surface area contributed by atoms with Crippen molar-refractivity contribution in [2.45, 2.75) is 13.1 Å². The van der Waals surface area contributed by atoms with Gasteiger partial charge >= 0.3 is 6.18 Å². The number of amides is 1. The second kappa shape index (κ2) is 5.51. The Labute approximate surface area is 119 Å². The zero-order valence-corrected chi connectivity index (χ0v) is 11.1. The van der Waals surface area contributed by atoms with E-state index in [1.54, 1.807) is 19.2 Å². The number of phenolic OH excluding ortho intramolecular Hbond substituents is 1. The van der Waals surface area contributed by atoms with Gasteiger partial charge in [-0.15, -0.1) is 0 Å². The lowest BCUT2D eigenvalue weighted by Gasteiger charge is -2.15. The van der Waals surface area contributed by atoms with Crippen molar-refractivity contribution in [2.24, 2.45) is 0 Å². The van der Waals surface area contributed by atoms with Crippen molar-refractivity contribution in [2.75, 3.05) is 11.9 Å². The van der Waals surface area contributed by atoms with E-state index in [0.717, 1.165) is 12.1 Å². The first kappa shape index (κ1) is 15.0. The van der Waals surface area contributed by atoms with Gasteiger partial charge in [-0.3, -0.25) is 4.79 Å². The second-order valence-corrected chi connectivity index (χ2v) is 4.54. The Morgan fingerprint density at radius 1 is 1.38 bits per heavy atom. The molecule has 7 heteroatoms. The van der Waals surface area contributed by atoms with E-state index in [1.165, 1.54) is 0 Å². The van der Waals surface area contributed by atoms with Crippen molar-refractivity contribution >= 4 is 11.6 Å². The van der Waals surface area contributed by atoms with Gasteiger partial charge in [-0.05, 0) is 30.7 Å². The van der Waals surface area contributed by atoms with Crippen LogP contribution in [0.1, 0.15) is 12.5 Å². The highest BCUT2D eigenvalue weighted by atomic mass is 19.4.